The van der Waals surface area contributed by atoms with E-state index in [-0.39, 0.29) is 52.5 Å². The summed E-state index contributed by atoms with van der Waals surface area (Å²) in [7, 11) is 1.36. The van der Waals surface area contributed by atoms with Gasteiger partial charge in [-0.2, -0.15) is 0 Å². The summed E-state index contributed by atoms with van der Waals surface area (Å²) in [5.41, 5.74) is 0. The van der Waals surface area contributed by atoms with Crippen molar-refractivity contribution in [2.45, 2.75) is 0 Å². The Kier molecular flexibility index (Phi) is 97.2. The van der Waals surface area contributed by atoms with Crippen LogP contribution < -0.4 is 0 Å². The second kappa shape index (κ2) is 27.8. The molecule has 6 heteroatoms. The molecule has 0 radical (unpaired) electrons. The van der Waals surface area contributed by atoms with E-state index in [1.807, 2.05) is 0 Å². The first-order valence-corrected chi connectivity index (χ1v) is 1.50. The zero-order valence-electron chi connectivity index (χ0n) is 3.26. The monoisotopic (exact) mass is 140 g/mol. The van der Waals surface area contributed by atoms with Gasteiger partial charge in [-0.05, 0) is 0 Å². The van der Waals surface area contributed by atoms with Gasteiger partial charge in [-0.15, -0.1) is 0 Å². The first-order valence-electron chi connectivity index (χ1n) is 0.773. The van der Waals surface area contributed by atoms with E-state index in [1.165, 1.54) is 7.11 Å². The average Bonchev–Trinajstić information content (AvgIpc) is 1.37. The van der Waals surface area contributed by atoms with Crippen molar-refractivity contribution in [1.29, 1.82) is 0 Å². The van der Waals surface area contributed by atoms with Crippen molar-refractivity contribution in [3.8, 4) is 0 Å². The summed E-state index contributed by atoms with van der Waals surface area (Å²) in [5, 5.41) is 0. The van der Waals surface area contributed by atoms with Crippen LogP contribution in [0.3, 0.4) is 0 Å². The first-order chi connectivity index (χ1) is 1.91. The molecule has 0 aliphatic carbocycles. The quantitative estimate of drug-likeness (QED) is 0.315. The second-order valence-electron chi connectivity index (χ2n) is 0.257. The minimum absolute atomic E-state index is 0. The van der Waals surface area contributed by atoms with Gasteiger partial charge in [-0.1, -0.05) is 0 Å². The second-order valence-corrected chi connectivity index (χ2v) is 0.771. The van der Waals surface area contributed by atoms with Crippen LogP contribution in [0.2, 0.25) is 0 Å². The third-order valence-corrected chi connectivity index (χ3v) is 0.224. The van der Waals surface area contributed by atoms with E-state index in [0.29, 0.717) is 0 Å². The molecule has 0 fully saturated rings. The van der Waals surface area contributed by atoms with Crippen LogP contribution in [0, 0.1) is 0 Å². The Morgan fingerprint density at radius 1 is 1.43 bits per heavy atom. The molecule has 7 heavy (non-hydrogen) atoms. The van der Waals surface area contributed by atoms with Crippen molar-refractivity contribution in [2.24, 2.45) is 0 Å². The molecular weight excluding hydrogens is 131 g/mol. The van der Waals surface area contributed by atoms with Gasteiger partial charge in [0.15, 0.2) is 0 Å². The van der Waals surface area contributed by atoms with Crippen molar-refractivity contribution < 1.29 is 19.3 Å². The Labute approximate surface area is 67.8 Å². The van der Waals surface area contributed by atoms with Crippen LogP contribution in [0.1, 0.15) is 0 Å². The Morgan fingerprint density at radius 2 is 1.57 bits per heavy atom. The van der Waals surface area contributed by atoms with Crippen molar-refractivity contribution >= 4 is 41.5 Å². The van der Waals surface area contributed by atoms with Gasteiger partial charge in [0.2, 0.25) is 0 Å². The summed E-state index contributed by atoms with van der Waals surface area (Å²) in [5.74, 6) is 0. The minimum atomic E-state index is -0.252. The molecule has 0 saturated carbocycles. The SMILES string of the molecule is CO[SH]=O.O.O.[NaH]. The number of hydrogen-bond donors (Lipinski definition) is 1. The van der Waals surface area contributed by atoms with Gasteiger partial charge in [0.05, 0.1) is 7.11 Å². The van der Waals surface area contributed by atoms with Crippen LogP contribution in [0.25, 0.3) is 0 Å². The molecule has 4 nitrogen and oxygen atoms in total. The van der Waals surface area contributed by atoms with E-state index in [1.54, 1.807) is 0 Å². The fourth-order valence-electron chi connectivity index (χ4n) is 0. The van der Waals surface area contributed by atoms with Gasteiger partial charge in [0.1, 0.15) is 11.9 Å². The molecule has 0 saturated heterocycles. The maximum absolute atomic E-state index is 9.05. The third kappa shape index (κ3) is 43.2. The van der Waals surface area contributed by atoms with Crippen molar-refractivity contribution in [1.82, 2.24) is 0 Å². The molecule has 0 unspecified atom stereocenters. The zero-order valence-corrected chi connectivity index (χ0v) is 4.16. The molecule has 0 aliphatic rings. The van der Waals surface area contributed by atoms with Crippen LogP contribution in [0.15, 0.2) is 0 Å². The molecule has 0 aliphatic heterocycles. The maximum atomic E-state index is 9.05. The predicted octanol–water partition coefficient (Wildman–Crippen LogP) is -2.80. The Balaban J connectivity index is -0.0000000150. The van der Waals surface area contributed by atoms with Crippen molar-refractivity contribution in [3.63, 3.8) is 0 Å². The first kappa shape index (κ1) is 24.4. The molecule has 4 N–H and O–H groups in total. The summed E-state index contributed by atoms with van der Waals surface area (Å²) in [6.45, 7) is 0. The van der Waals surface area contributed by atoms with Crippen LogP contribution in [0.5, 0.6) is 0 Å². The van der Waals surface area contributed by atoms with Gasteiger partial charge in [0, 0.05) is 0 Å². The summed E-state index contributed by atoms with van der Waals surface area (Å²) >= 11 is -0.252. The van der Waals surface area contributed by atoms with Crippen molar-refractivity contribution in [3.05, 3.63) is 0 Å². The molecule has 44 valence electrons. The van der Waals surface area contributed by atoms with Gasteiger partial charge in [-0.3, -0.25) is 4.18 Å². The third-order valence-electron chi connectivity index (χ3n) is 0.0745. The predicted molar refractivity (Wildman–Crippen MR) is 30.9 cm³/mol. The summed E-state index contributed by atoms with van der Waals surface area (Å²) in [6, 6.07) is 0. The fraction of sp³-hybridized carbons (Fsp3) is 1.00. The van der Waals surface area contributed by atoms with E-state index in [9.17, 15) is 0 Å². The number of thiol groups is 1. The van der Waals surface area contributed by atoms with Crippen LogP contribution >= 0.6 is 0 Å². The molecule has 0 aromatic carbocycles. The molecule has 0 atom stereocenters. The van der Waals surface area contributed by atoms with Crippen molar-refractivity contribution in [2.75, 3.05) is 7.11 Å². The number of rotatable bonds is 1. The molecule has 0 rings (SSSR count). The zero-order chi connectivity index (χ0) is 3.41. The van der Waals surface area contributed by atoms with E-state index in [4.69, 9.17) is 4.21 Å². The molecular formula is CH9NaO4S. The molecule has 0 amide bonds. The van der Waals surface area contributed by atoms with Gasteiger partial charge in [0.25, 0.3) is 0 Å². The summed E-state index contributed by atoms with van der Waals surface area (Å²) in [6.07, 6.45) is 0. The topological polar surface area (TPSA) is 89.3 Å². The van der Waals surface area contributed by atoms with Crippen LogP contribution in [-0.2, 0) is 16.1 Å². The van der Waals surface area contributed by atoms with Crippen LogP contribution in [0.4, 0.5) is 0 Å². The molecule has 0 aromatic rings. The fourth-order valence-corrected chi connectivity index (χ4v) is 0. The Morgan fingerprint density at radius 3 is 1.57 bits per heavy atom. The summed E-state index contributed by atoms with van der Waals surface area (Å²) < 4.78 is 13.0. The van der Waals surface area contributed by atoms with Gasteiger partial charge in [-0.25, -0.2) is 4.21 Å². The van der Waals surface area contributed by atoms with E-state index >= 15 is 0 Å². The molecule has 0 bridgehead atoms. The van der Waals surface area contributed by atoms with Gasteiger partial charge >= 0.3 is 29.6 Å². The average molecular weight is 140 g/mol. The van der Waals surface area contributed by atoms with E-state index < -0.39 is 0 Å². The Bertz CT molecular complexity index is 25.7. The standard InChI is InChI=1S/CH4O2S.Na.2H2O.H/c1-3-4-2;;;;/h4H,1H3;;2*1H2;. The summed E-state index contributed by atoms with van der Waals surface area (Å²) in [4.78, 5) is 0. The van der Waals surface area contributed by atoms with Crippen LogP contribution in [-0.4, -0.2) is 51.8 Å². The van der Waals surface area contributed by atoms with Gasteiger partial charge < -0.3 is 11.0 Å². The normalized spacial score (nSPS) is 4.14. The molecule has 0 aromatic heterocycles. The van der Waals surface area contributed by atoms with E-state index in [0.717, 1.165) is 0 Å². The Hall–Kier alpha value is 1.03. The molecule has 0 heterocycles. The van der Waals surface area contributed by atoms with E-state index in [2.05, 4.69) is 4.18 Å². The number of hydrogen-bond acceptors (Lipinski definition) is 2. The molecule has 0 spiro atoms.